The van der Waals surface area contributed by atoms with E-state index in [9.17, 15) is 13.2 Å². The summed E-state index contributed by atoms with van der Waals surface area (Å²) < 4.78 is 43.5. The minimum absolute atomic E-state index is 0.165. The van der Waals surface area contributed by atoms with Gasteiger partial charge >= 0.3 is 6.18 Å². The normalized spacial score (nSPS) is 36.4. The lowest BCUT2D eigenvalue weighted by Gasteiger charge is -2.29. The van der Waals surface area contributed by atoms with Crippen LogP contribution in [0.25, 0.3) is 0 Å². The van der Waals surface area contributed by atoms with Crippen molar-refractivity contribution in [2.75, 3.05) is 12.9 Å². The molecule has 2 unspecified atom stereocenters. The van der Waals surface area contributed by atoms with Crippen LogP contribution < -0.4 is 0 Å². The summed E-state index contributed by atoms with van der Waals surface area (Å²) in [7, 11) is 0. The van der Waals surface area contributed by atoms with Crippen LogP contribution in [-0.2, 0) is 4.74 Å². The van der Waals surface area contributed by atoms with Crippen LogP contribution in [0.4, 0.5) is 13.2 Å². The molecule has 1 aliphatic heterocycles. The Labute approximate surface area is 123 Å². The van der Waals surface area contributed by atoms with Crippen molar-refractivity contribution in [3.05, 3.63) is 12.2 Å². The Morgan fingerprint density at radius 3 is 2.20 bits per heavy atom. The molecule has 20 heavy (non-hydrogen) atoms. The summed E-state index contributed by atoms with van der Waals surface area (Å²) >= 11 is 1.84. The maximum absolute atomic E-state index is 12.6. The van der Waals surface area contributed by atoms with E-state index in [-0.39, 0.29) is 18.9 Å². The zero-order chi connectivity index (χ0) is 14.6. The molecule has 2 atom stereocenters. The summed E-state index contributed by atoms with van der Waals surface area (Å²) in [5, 5.41) is 0.599. The Kier molecular flexibility index (Phi) is 5.84. The standard InChI is InChI=1S/C15H23F3OS/c1-20-14-9-8-13(19-10-14)7-4-11-2-5-12(6-3-11)15(16,17)18/h4,7,11-14H,2-3,5-6,8-10H2,1H3/b7-4+. The first-order chi connectivity index (χ1) is 9.49. The molecular weight excluding hydrogens is 285 g/mol. The Hall–Kier alpha value is -0.160. The first-order valence-electron chi connectivity index (χ1n) is 7.38. The molecular formula is C15H23F3OS. The molecule has 1 nitrogen and oxygen atoms in total. The van der Waals surface area contributed by atoms with E-state index >= 15 is 0 Å². The molecule has 0 amide bonds. The van der Waals surface area contributed by atoms with Crippen LogP contribution >= 0.6 is 11.8 Å². The van der Waals surface area contributed by atoms with Crippen LogP contribution in [0.15, 0.2) is 12.2 Å². The molecule has 0 bridgehead atoms. The largest absolute Gasteiger partial charge is 0.391 e. The van der Waals surface area contributed by atoms with Crippen LogP contribution in [0.1, 0.15) is 38.5 Å². The Bertz CT molecular complexity index is 314. The summed E-state index contributed by atoms with van der Waals surface area (Å²) in [5.74, 6) is -0.782. The number of allylic oxidation sites excluding steroid dienone is 1. The van der Waals surface area contributed by atoms with Gasteiger partial charge in [-0.05, 0) is 50.7 Å². The van der Waals surface area contributed by atoms with Crippen LogP contribution in [0.2, 0.25) is 0 Å². The SMILES string of the molecule is CSC1CCC(/C=C/C2CCC(C(F)(F)F)CC2)OC1. The second kappa shape index (κ2) is 7.21. The number of hydrogen-bond acceptors (Lipinski definition) is 2. The van der Waals surface area contributed by atoms with Crippen molar-refractivity contribution < 1.29 is 17.9 Å². The van der Waals surface area contributed by atoms with Crippen LogP contribution in [0, 0.1) is 11.8 Å². The van der Waals surface area contributed by atoms with Gasteiger partial charge in [0.1, 0.15) is 0 Å². The summed E-state index contributed by atoms with van der Waals surface area (Å²) in [6.45, 7) is 0.789. The first kappa shape index (κ1) is 16.2. The third-order valence-electron chi connectivity index (χ3n) is 4.44. The van der Waals surface area contributed by atoms with E-state index in [1.54, 1.807) is 0 Å². The van der Waals surface area contributed by atoms with Crippen LogP contribution in [-0.4, -0.2) is 30.4 Å². The highest BCUT2D eigenvalue weighted by atomic mass is 32.2. The maximum atomic E-state index is 12.6. The van der Waals surface area contributed by atoms with Gasteiger partial charge in [-0.2, -0.15) is 24.9 Å². The minimum Gasteiger partial charge on any atom is -0.373 e. The molecule has 0 aromatic heterocycles. The molecule has 1 aliphatic carbocycles. The van der Waals surface area contributed by atoms with Gasteiger partial charge < -0.3 is 4.74 Å². The smallest absolute Gasteiger partial charge is 0.373 e. The van der Waals surface area contributed by atoms with Crippen molar-refractivity contribution in [3.63, 3.8) is 0 Å². The van der Waals surface area contributed by atoms with Crippen molar-refractivity contribution in [3.8, 4) is 0 Å². The fourth-order valence-corrected chi connectivity index (χ4v) is 3.59. The van der Waals surface area contributed by atoms with E-state index in [0.29, 0.717) is 24.0 Å². The van der Waals surface area contributed by atoms with Gasteiger partial charge in [-0.3, -0.25) is 0 Å². The summed E-state index contributed by atoms with van der Waals surface area (Å²) in [5.41, 5.74) is 0. The van der Waals surface area contributed by atoms with Crippen molar-refractivity contribution in [1.29, 1.82) is 0 Å². The second-order valence-electron chi connectivity index (χ2n) is 5.85. The van der Waals surface area contributed by atoms with Crippen molar-refractivity contribution >= 4 is 11.8 Å². The molecule has 0 spiro atoms. The minimum atomic E-state index is -4.01. The lowest BCUT2D eigenvalue weighted by Crippen LogP contribution is -2.28. The number of ether oxygens (including phenoxy) is 1. The number of alkyl halides is 3. The Morgan fingerprint density at radius 1 is 1.00 bits per heavy atom. The first-order valence-corrected chi connectivity index (χ1v) is 8.67. The molecule has 0 N–H and O–H groups in total. The molecule has 1 saturated carbocycles. The van der Waals surface area contributed by atoms with E-state index in [1.807, 2.05) is 11.8 Å². The van der Waals surface area contributed by atoms with Gasteiger partial charge in [-0.15, -0.1) is 0 Å². The number of rotatable bonds is 3. The fourth-order valence-electron chi connectivity index (χ4n) is 3.01. The fraction of sp³-hybridized carbons (Fsp3) is 0.867. The second-order valence-corrected chi connectivity index (χ2v) is 6.98. The third kappa shape index (κ3) is 4.69. The van der Waals surface area contributed by atoms with Gasteiger partial charge in [0.05, 0.1) is 18.6 Å². The Morgan fingerprint density at radius 2 is 1.70 bits per heavy atom. The van der Waals surface area contributed by atoms with Crippen molar-refractivity contribution in [2.45, 2.75) is 56.1 Å². The highest BCUT2D eigenvalue weighted by Crippen LogP contribution is 2.39. The summed E-state index contributed by atoms with van der Waals surface area (Å²) in [4.78, 5) is 0. The van der Waals surface area contributed by atoms with Crippen molar-refractivity contribution in [1.82, 2.24) is 0 Å². The predicted molar refractivity (Wildman–Crippen MR) is 76.9 cm³/mol. The van der Waals surface area contributed by atoms with Crippen LogP contribution in [0.5, 0.6) is 0 Å². The molecule has 2 fully saturated rings. The lowest BCUT2D eigenvalue weighted by molar-refractivity contribution is -0.183. The van der Waals surface area contributed by atoms with E-state index in [1.165, 1.54) is 0 Å². The molecule has 0 radical (unpaired) electrons. The van der Waals surface area contributed by atoms with E-state index in [0.717, 1.165) is 19.4 Å². The van der Waals surface area contributed by atoms with Gasteiger partial charge in [-0.25, -0.2) is 0 Å². The molecule has 1 saturated heterocycles. The van der Waals surface area contributed by atoms with E-state index in [4.69, 9.17) is 4.74 Å². The number of thioether (sulfide) groups is 1. The average Bonchev–Trinajstić information content (AvgIpc) is 2.45. The highest BCUT2D eigenvalue weighted by molar-refractivity contribution is 7.99. The van der Waals surface area contributed by atoms with E-state index in [2.05, 4.69) is 18.4 Å². The van der Waals surface area contributed by atoms with Crippen molar-refractivity contribution in [2.24, 2.45) is 11.8 Å². The van der Waals surface area contributed by atoms with Gasteiger partial charge in [0, 0.05) is 5.25 Å². The zero-order valence-corrected chi connectivity index (χ0v) is 12.7. The quantitative estimate of drug-likeness (QED) is 0.691. The highest BCUT2D eigenvalue weighted by Gasteiger charge is 2.40. The molecule has 0 aromatic rings. The van der Waals surface area contributed by atoms with E-state index < -0.39 is 12.1 Å². The summed E-state index contributed by atoms with van der Waals surface area (Å²) in [6.07, 6.45) is 6.48. The molecule has 1 heterocycles. The third-order valence-corrected chi connectivity index (χ3v) is 5.47. The maximum Gasteiger partial charge on any atom is 0.391 e. The number of hydrogen-bond donors (Lipinski definition) is 0. The Balaban J connectivity index is 1.72. The van der Waals surface area contributed by atoms with Gasteiger partial charge in [0.25, 0.3) is 0 Å². The molecule has 0 aromatic carbocycles. The molecule has 116 valence electrons. The topological polar surface area (TPSA) is 9.23 Å². The van der Waals surface area contributed by atoms with Gasteiger partial charge in [-0.1, -0.05) is 12.2 Å². The van der Waals surface area contributed by atoms with Crippen LogP contribution in [0.3, 0.4) is 0 Å². The molecule has 2 rings (SSSR count). The summed E-state index contributed by atoms with van der Waals surface area (Å²) in [6, 6.07) is 0. The van der Waals surface area contributed by atoms with Gasteiger partial charge in [0.2, 0.25) is 0 Å². The average molecular weight is 308 g/mol. The number of halogens is 3. The zero-order valence-electron chi connectivity index (χ0n) is 11.9. The molecule has 5 heteroatoms. The molecule has 2 aliphatic rings. The van der Waals surface area contributed by atoms with Gasteiger partial charge in [0.15, 0.2) is 0 Å². The monoisotopic (exact) mass is 308 g/mol. The predicted octanol–water partition coefficient (Wildman–Crippen LogP) is 4.82. The lowest BCUT2D eigenvalue weighted by atomic mass is 9.81.